The Morgan fingerprint density at radius 3 is 2.31 bits per heavy atom. The van der Waals surface area contributed by atoms with Crippen LogP contribution in [-0.2, 0) is 19.1 Å². The highest BCUT2D eigenvalue weighted by Gasteiger charge is 2.59. The molecule has 2 aliphatic heterocycles. The van der Waals surface area contributed by atoms with Gasteiger partial charge in [-0.1, -0.05) is 27.5 Å². The van der Waals surface area contributed by atoms with Gasteiger partial charge in [-0.3, -0.25) is 14.6 Å². The van der Waals surface area contributed by atoms with Gasteiger partial charge in [0.2, 0.25) is 5.91 Å². The number of amides is 2. The van der Waals surface area contributed by atoms with Crippen LogP contribution >= 0.6 is 27.5 Å². The quantitative estimate of drug-likeness (QED) is 0.499. The van der Waals surface area contributed by atoms with Gasteiger partial charge in [-0.05, 0) is 55.5 Å². The topological polar surface area (TPSA) is 79.3 Å². The third-order valence-corrected chi connectivity index (χ3v) is 5.49. The monoisotopic (exact) mass is 475 g/mol. The molecule has 0 saturated carbocycles. The Bertz CT molecular complexity index is 1020. The minimum absolute atomic E-state index is 0.0745. The molecule has 4 rings (SSSR count). The highest BCUT2D eigenvalue weighted by molar-refractivity contribution is 9.10. The van der Waals surface area contributed by atoms with Gasteiger partial charge >= 0.3 is 5.97 Å². The maximum Gasteiger partial charge on any atom is 0.355 e. The molecule has 2 aliphatic rings. The van der Waals surface area contributed by atoms with E-state index >= 15 is 0 Å². The molecule has 0 spiro atoms. The molecule has 29 heavy (non-hydrogen) atoms. The third kappa shape index (κ3) is 3.32. The lowest BCUT2D eigenvalue weighted by atomic mass is 9.98. The van der Waals surface area contributed by atoms with Gasteiger partial charge in [0.25, 0.3) is 5.91 Å². The van der Waals surface area contributed by atoms with Gasteiger partial charge in [-0.25, -0.2) is 9.69 Å². The molecule has 2 atom stereocenters. The van der Waals surface area contributed by atoms with E-state index in [-0.39, 0.29) is 12.3 Å². The minimum atomic E-state index is -1.04. The number of hydrogen-bond acceptors (Lipinski definition) is 6. The van der Waals surface area contributed by atoms with Crippen molar-refractivity contribution < 1.29 is 19.1 Å². The first-order valence-corrected chi connectivity index (χ1v) is 10.0. The Balaban J connectivity index is 1.78. The zero-order valence-electron chi connectivity index (χ0n) is 15.2. The number of imide groups is 1. The van der Waals surface area contributed by atoms with Gasteiger partial charge in [0.1, 0.15) is 12.0 Å². The second-order valence-corrected chi connectivity index (χ2v) is 7.79. The first-order valence-electron chi connectivity index (χ1n) is 8.86. The number of hydrazone groups is 1. The maximum absolute atomic E-state index is 13.3. The average molecular weight is 477 g/mol. The van der Waals surface area contributed by atoms with Crippen LogP contribution in [-0.4, -0.2) is 36.1 Å². The molecule has 2 aromatic rings. The summed E-state index contributed by atoms with van der Waals surface area (Å²) in [7, 11) is 0. The lowest BCUT2D eigenvalue weighted by Gasteiger charge is -2.22. The number of ether oxygens (including phenoxy) is 1. The van der Waals surface area contributed by atoms with Crippen molar-refractivity contribution in [1.82, 2.24) is 0 Å². The smallest absolute Gasteiger partial charge is 0.355 e. The fourth-order valence-corrected chi connectivity index (χ4v) is 3.83. The van der Waals surface area contributed by atoms with Gasteiger partial charge < -0.3 is 4.74 Å². The van der Waals surface area contributed by atoms with Crippen LogP contribution in [0.15, 0.2) is 58.1 Å². The maximum atomic E-state index is 13.3. The van der Waals surface area contributed by atoms with Crippen LogP contribution in [0.3, 0.4) is 0 Å². The molecule has 1 fully saturated rings. The minimum Gasteiger partial charge on any atom is -0.461 e. The number of nitrogens with zero attached hydrogens (tertiary/aromatic N) is 3. The molecule has 0 N–H and O–H groups in total. The second kappa shape index (κ2) is 7.61. The number of carbonyl (C=O) groups excluding carboxylic acids is 3. The molecule has 0 radical (unpaired) electrons. The van der Waals surface area contributed by atoms with Gasteiger partial charge in [0.15, 0.2) is 5.71 Å². The van der Waals surface area contributed by atoms with Crippen LogP contribution in [0.1, 0.15) is 6.92 Å². The Morgan fingerprint density at radius 1 is 1.07 bits per heavy atom. The standard InChI is InChI=1S/C20H15BrClN3O4/c1-2-29-20(28)16-15-17(25(23-16)14-7-3-11(21)4-8-14)19(27)24(18(15)26)13-9-5-12(22)6-10-13/h3-10,15,17H,2H2,1H3/t15-,17-/m1/s1. The summed E-state index contributed by atoms with van der Waals surface area (Å²) in [6.45, 7) is 1.80. The Kier molecular flexibility index (Phi) is 5.14. The Labute approximate surface area is 180 Å². The average Bonchev–Trinajstić information content (AvgIpc) is 3.21. The van der Waals surface area contributed by atoms with E-state index in [1.807, 2.05) is 0 Å². The van der Waals surface area contributed by atoms with E-state index in [4.69, 9.17) is 16.3 Å². The van der Waals surface area contributed by atoms with Crippen molar-refractivity contribution in [3.63, 3.8) is 0 Å². The SMILES string of the molecule is CCOC(=O)C1=NN(c2ccc(Br)cc2)[C@H]2C(=O)N(c3ccc(Cl)cc3)C(=O)[C@H]12. The van der Waals surface area contributed by atoms with Crippen molar-refractivity contribution >= 4 is 62.4 Å². The molecule has 0 aliphatic carbocycles. The molecule has 9 heteroatoms. The van der Waals surface area contributed by atoms with Crippen LogP contribution in [0.4, 0.5) is 11.4 Å². The number of hydrogen-bond donors (Lipinski definition) is 0. The molecule has 0 unspecified atom stereocenters. The van der Waals surface area contributed by atoms with Crippen molar-refractivity contribution in [2.75, 3.05) is 16.5 Å². The summed E-state index contributed by atoms with van der Waals surface area (Å²) in [5, 5.41) is 6.21. The molecule has 2 heterocycles. The highest BCUT2D eigenvalue weighted by Crippen LogP contribution is 2.38. The number of halogens is 2. The summed E-state index contributed by atoms with van der Waals surface area (Å²) in [4.78, 5) is 40.0. The van der Waals surface area contributed by atoms with Gasteiger partial charge in [-0.15, -0.1) is 0 Å². The van der Waals surface area contributed by atoms with E-state index in [0.29, 0.717) is 16.4 Å². The fraction of sp³-hybridized carbons (Fsp3) is 0.200. The molecule has 1 saturated heterocycles. The Morgan fingerprint density at radius 2 is 1.69 bits per heavy atom. The van der Waals surface area contributed by atoms with Crippen LogP contribution in [0, 0.1) is 5.92 Å². The van der Waals surface area contributed by atoms with E-state index in [1.165, 1.54) is 5.01 Å². The van der Waals surface area contributed by atoms with E-state index in [2.05, 4.69) is 21.0 Å². The molecule has 2 amide bonds. The van der Waals surface area contributed by atoms with E-state index in [0.717, 1.165) is 9.37 Å². The van der Waals surface area contributed by atoms with Crippen LogP contribution in [0.25, 0.3) is 0 Å². The van der Waals surface area contributed by atoms with E-state index < -0.39 is 29.7 Å². The zero-order valence-corrected chi connectivity index (χ0v) is 17.6. The van der Waals surface area contributed by atoms with Crippen LogP contribution in [0.2, 0.25) is 5.02 Å². The number of esters is 1. The highest BCUT2D eigenvalue weighted by atomic mass is 79.9. The van der Waals surface area contributed by atoms with Crippen molar-refractivity contribution in [2.45, 2.75) is 13.0 Å². The molecule has 2 aromatic carbocycles. The first-order chi connectivity index (χ1) is 13.9. The largest absolute Gasteiger partial charge is 0.461 e. The molecule has 0 aromatic heterocycles. The van der Waals surface area contributed by atoms with E-state index in [9.17, 15) is 14.4 Å². The number of rotatable bonds is 4. The number of fused-ring (bicyclic) bond motifs is 1. The predicted molar refractivity (Wildman–Crippen MR) is 112 cm³/mol. The normalized spacial score (nSPS) is 20.7. The van der Waals surface area contributed by atoms with Crippen molar-refractivity contribution in [2.24, 2.45) is 11.0 Å². The second-order valence-electron chi connectivity index (χ2n) is 6.44. The van der Waals surface area contributed by atoms with Crippen molar-refractivity contribution in [3.8, 4) is 0 Å². The molecule has 148 valence electrons. The first kappa shape index (κ1) is 19.6. The van der Waals surface area contributed by atoms with Crippen LogP contribution < -0.4 is 9.91 Å². The van der Waals surface area contributed by atoms with Gasteiger partial charge in [-0.2, -0.15) is 5.10 Å². The lowest BCUT2D eigenvalue weighted by molar-refractivity contribution is -0.136. The zero-order chi connectivity index (χ0) is 20.7. The summed E-state index contributed by atoms with van der Waals surface area (Å²) in [5.74, 6) is -2.73. The summed E-state index contributed by atoms with van der Waals surface area (Å²) in [5.41, 5.74) is 0.897. The lowest BCUT2D eigenvalue weighted by Crippen LogP contribution is -2.39. The summed E-state index contributed by atoms with van der Waals surface area (Å²) in [6.07, 6.45) is 0. The number of anilines is 2. The number of benzene rings is 2. The van der Waals surface area contributed by atoms with E-state index in [1.54, 1.807) is 55.5 Å². The molecule has 7 nitrogen and oxygen atoms in total. The molecular formula is C20H15BrClN3O4. The number of carbonyl (C=O) groups is 3. The summed E-state index contributed by atoms with van der Waals surface area (Å²) >= 11 is 9.29. The van der Waals surface area contributed by atoms with Crippen molar-refractivity contribution in [1.29, 1.82) is 0 Å². The molecular weight excluding hydrogens is 462 g/mol. The predicted octanol–water partition coefficient (Wildman–Crippen LogP) is 3.40. The Hall–Kier alpha value is -2.71. The van der Waals surface area contributed by atoms with Gasteiger partial charge in [0, 0.05) is 9.50 Å². The summed E-state index contributed by atoms with van der Waals surface area (Å²) in [6, 6.07) is 12.5. The fourth-order valence-electron chi connectivity index (χ4n) is 3.44. The molecule has 0 bridgehead atoms. The summed E-state index contributed by atoms with van der Waals surface area (Å²) < 4.78 is 5.92. The third-order valence-electron chi connectivity index (χ3n) is 4.71. The van der Waals surface area contributed by atoms with Crippen molar-refractivity contribution in [3.05, 3.63) is 58.0 Å². The van der Waals surface area contributed by atoms with Gasteiger partial charge in [0.05, 0.1) is 18.0 Å². The van der Waals surface area contributed by atoms with Crippen LogP contribution in [0.5, 0.6) is 0 Å².